The van der Waals surface area contributed by atoms with Crippen molar-refractivity contribution in [2.75, 3.05) is 0 Å². The van der Waals surface area contributed by atoms with Crippen molar-refractivity contribution in [2.45, 2.75) is 27.7 Å². The van der Waals surface area contributed by atoms with Crippen molar-refractivity contribution in [1.29, 1.82) is 0 Å². The number of hydrogen-bond donors (Lipinski definition) is 0. The Hall–Kier alpha value is -2.10. The second-order valence-corrected chi connectivity index (χ2v) is 12.7. The third-order valence-electron chi connectivity index (χ3n) is 7.12. The summed E-state index contributed by atoms with van der Waals surface area (Å²) in [7, 11) is 1.59. The average molecular weight is 691 g/mol. The molecule has 6 aromatic rings. The first-order valence-corrected chi connectivity index (χ1v) is 15.1. The van der Waals surface area contributed by atoms with E-state index in [9.17, 15) is 0 Å². The zero-order valence-electron chi connectivity index (χ0n) is 23.8. The van der Waals surface area contributed by atoms with Crippen LogP contribution in [0.2, 0.25) is 0 Å². The second kappa shape index (κ2) is 16.5. The summed E-state index contributed by atoms with van der Waals surface area (Å²) >= 11 is 0. The van der Waals surface area contributed by atoms with Crippen molar-refractivity contribution >= 4 is 16.4 Å². The zero-order chi connectivity index (χ0) is 26.5. The molecule has 6 rings (SSSR count). The first-order valence-electron chi connectivity index (χ1n) is 13.1. The van der Waals surface area contributed by atoms with E-state index >= 15 is 0 Å². The first-order chi connectivity index (χ1) is 18.5. The maximum atomic E-state index is 2.26. The Morgan fingerprint density at radius 2 is 0.610 bits per heavy atom. The van der Waals surface area contributed by atoms with Crippen LogP contribution in [0.1, 0.15) is 21.7 Å². The molecule has 0 spiro atoms. The van der Waals surface area contributed by atoms with E-state index in [1.54, 1.807) is 0 Å². The molecule has 0 aliphatic heterocycles. The minimum absolute atomic E-state index is 0. The minimum Gasteiger partial charge on any atom is -1.00 e. The van der Waals surface area contributed by atoms with E-state index in [4.69, 9.17) is 0 Å². The molecule has 5 heteroatoms. The Bertz CT molecular complexity index is 1500. The van der Waals surface area contributed by atoms with Crippen LogP contribution in [0.15, 0.2) is 121 Å². The van der Waals surface area contributed by atoms with E-state index in [1.165, 1.54) is 65.7 Å². The topological polar surface area (TPSA) is 0 Å². The minimum atomic E-state index is 0. The Morgan fingerprint density at radius 3 is 0.878 bits per heavy atom. The van der Waals surface area contributed by atoms with E-state index in [2.05, 4.69) is 149 Å². The van der Waals surface area contributed by atoms with Gasteiger partial charge in [-0.15, -0.1) is 16.4 Å². The molecule has 0 bridgehead atoms. The molecule has 0 saturated heterocycles. The third kappa shape index (κ3) is 8.05. The number of rotatable bonds is 4. The summed E-state index contributed by atoms with van der Waals surface area (Å²) in [5.74, 6) is 0. The second-order valence-electron chi connectivity index (χ2n) is 9.71. The van der Waals surface area contributed by atoms with Crippen molar-refractivity contribution in [3.8, 4) is 44.0 Å². The fourth-order valence-corrected chi connectivity index (χ4v) is 8.27. The Balaban J connectivity index is 0.000000267. The average Bonchev–Trinajstić information content (AvgIpc) is 3.44. The van der Waals surface area contributed by atoms with Crippen LogP contribution in [0, 0.1) is 27.7 Å². The van der Waals surface area contributed by atoms with Crippen LogP contribution in [0.5, 0.6) is 0 Å². The van der Waals surface area contributed by atoms with E-state index in [-0.39, 0.29) is 51.0 Å². The van der Waals surface area contributed by atoms with Crippen LogP contribution < -0.4 is 24.8 Å². The molecule has 2 heterocycles. The van der Waals surface area contributed by atoms with Gasteiger partial charge in [-0.3, -0.25) is 0 Å². The molecule has 2 unspecified atom stereocenters. The molecule has 2 atom stereocenters. The van der Waals surface area contributed by atoms with Gasteiger partial charge in [-0.1, -0.05) is 121 Å². The van der Waals surface area contributed by atoms with Crippen molar-refractivity contribution in [3.63, 3.8) is 0 Å². The van der Waals surface area contributed by atoms with E-state index in [1.807, 2.05) is 0 Å². The molecular formula is C36H34Cl2P2Zr. The number of aryl methyl sites for hydroxylation is 2. The number of benzene rings is 4. The van der Waals surface area contributed by atoms with Crippen LogP contribution in [0.4, 0.5) is 0 Å². The normalized spacial score (nSPS) is 10.2. The molecule has 0 N–H and O–H groups in total. The molecule has 0 nitrogen and oxygen atoms in total. The Kier molecular flexibility index (Phi) is 14.1. The smallest absolute Gasteiger partial charge is 1.00 e. The number of hydrogen-bond acceptors (Lipinski definition) is 0. The molecule has 0 fully saturated rings. The van der Waals surface area contributed by atoms with Crippen LogP contribution >= 0.6 is 16.4 Å². The predicted octanol–water partition coefficient (Wildman–Crippen LogP) is 5.34. The van der Waals surface area contributed by atoms with Gasteiger partial charge in [0.15, 0.2) is 0 Å². The molecule has 206 valence electrons. The van der Waals surface area contributed by atoms with Crippen LogP contribution in [-0.4, -0.2) is 0 Å². The van der Waals surface area contributed by atoms with Gasteiger partial charge < -0.3 is 24.8 Å². The fourth-order valence-electron chi connectivity index (χ4n) is 5.36. The summed E-state index contributed by atoms with van der Waals surface area (Å²) in [5, 5.41) is 6.00. The van der Waals surface area contributed by atoms with Crippen molar-refractivity contribution in [1.82, 2.24) is 0 Å². The molecule has 2 aromatic heterocycles. The van der Waals surface area contributed by atoms with Gasteiger partial charge in [-0.25, -0.2) is 0 Å². The van der Waals surface area contributed by atoms with E-state index in [0.717, 1.165) is 16.4 Å². The monoisotopic (exact) mass is 688 g/mol. The summed E-state index contributed by atoms with van der Waals surface area (Å²) in [5.41, 5.74) is 11.2. The molecular weight excluding hydrogens is 656 g/mol. The van der Waals surface area contributed by atoms with Crippen molar-refractivity contribution in [3.05, 3.63) is 143 Å². The summed E-state index contributed by atoms with van der Waals surface area (Å²) in [6.45, 7) is 9.04. The van der Waals surface area contributed by atoms with Gasteiger partial charge in [-0.2, -0.15) is 0 Å². The Labute approximate surface area is 280 Å². The van der Waals surface area contributed by atoms with Crippen LogP contribution in [-0.2, 0) is 26.2 Å². The Morgan fingerprint density at radius 1 is 0.366 bits per heavy atom. The molecule has 4 aromatic carbocycles. The largest absolute Gasteiger partial charge is 2.00 e. The maximum Gasteiger partial charge on any atom is 2.00 e. The summed E-state index contributed by atoms with van der Waals surface area (Å²) in [4.78, 5) is 0. The summed E-state index contributed by atoms with van der Waals surface area (Å²) < 4.78 is 0. The fraction of sp³-hybridized carbons (Fsp3) is 0.111. The van der Waals surface area contributed by atoms with Gasteiger partial charge in [0.25, 0.3) is 0 Å². The standard InChI is InChI=1S/2C18H17P.2ClH.Zr/c2*1-13-17(15-9-5-3-6-10-15)14(2)19-18(13)16-11-7-4-8-12-16;;;/h2*3-12,19H,1-2H3;2*1H;/q;;;;+2/p-2. The van der Waals surface area contributed by atoms with Crippen molar-refractivity contribution in [2.24, 2.45) is 0 Å². The van der Waals surface area contributed by atoms with Gasteiger partial charge in [0.05, 0.1) is 0 Å². The number of halogens is 2. The van der Waals surface area contributed by atoms with Gasteiger partial charge in [0, 0.05) is 10.6 Å². The van der Waals surface area contributed by atoms with Gasteiger partial charge in [0.2, 0.25) is 0 Å². The molecule has 41 heavy (non-hydrogen) atoms. The molecule has 0 amide bonds. The van der Waals surface area contributed by atoms with Gasteiger partial charge >= 0.3 is 26.2 Å². The van der Waals surface area contributed by atoms with Crippen LogP contribution in [0.25, 0.3) is 44.0 Å². The van der Waals surface area contributed by atoms with Crippen LogP contribution in [0.3, 0.4) is 0 Å². The molecule has 0 saturated carbocycles. The quantitative estimate of drug-likeness (QED) is 0.235. The summed E-state index contributed by atoms with van der Waals surface area (Å²) in [6, 6.07) is 43.0. The van der Waals surface area contributed by atoms with Crippen molar-refractivity contribution < 1.29 is 51.0 Å². The first kappa shape index (κ1) is 35.1. The predicted molar refractivity (Wildman–Crippen MR) is 173 cm³/mol. The molecule has 0 aliphatic carbocycles. The summed E-state index contributed by atoms with van der Waals surface area (Å²) in [6.07, 6.45) is 0. The SMILES string of the molecule is Cc1[pH]c(-c2ccccc2)c(C)c1-c1ccccc1.Cc1[pH]c(-c2ccccc2)c(C)c1-c1ccccc1.[Cl-].[Cl-].[Zr+2]. The third-order valence-corrected chi connectivity index (χ3v) is 10.2. The zero-order valence-corrected chi connectivity index (χ0v) is 29.8. The van der Waals surface area contributed by atoms with E-state index in [0.29, 0.717) is 0 Å². The van der Waals surface area contributed by atoms with Gasteiger partial charge in [0.1, 0.15) is 0 Å². The molecule has 0 aliphatic rings. The van der Waals surface area contributed by atoms with Gasteiger partial charge in [-0.05, 0) is 82.8 Å². The molecule has 0 radical (unpaired) electrons. The van der Waals surface area contributed by atoms with E-state index < -0.39 is 0 Å². The maximum absolute atomic E-state index is 2.26.